The van der Waals surface area contributed by atoms with E-state index < -0.39 is 17.1 Å². The SMILES string of the molecule is Cc1c(Cl)cccc1NC(=O)C(C)Sc1cccc(NC(=O)c2ccccc2C(=O)O)c1. The molecule has 0 aromatic heterocycles. The number of carbonyl (C=O) groups excluding carboxylic acids is 2. The minimum atomic E-state index is -1.17. The zero-order valence-electron chi connectivity index (χ0n) is 17.4. The number of rotatable bonds is 7. The standard InChI is InChI=1S/C24H21ClN2O4S/c1-14-20(25)11-6-12-21(14)27-22(28)15(2)32-17-8-5-7-16(13-17)26-23(29)18-9-3-4-10-19(18)24(30)31/h3-13,15H,1-2H3,(H,26,29)(H,27,28)(H,30,31). The molecule has 0 saturated carbocycles. The smallest absolute Gasteiger partial charge is 0.336 e. The molecule has 32 heavy (non-hydrogen) atoms. The Kier molecular flexibility index (Phi) is 7.56. The average Bonchev–Trinajstić information content (AvgIpc) is 2.77. The zero-order valence-corrected chi connectivity index (χ0v) is 19.0. The van der Waals surface area contributed by atoms with E-state index in [-0.39, 0.29) is 17.0 Å². The minimum absolute atomic E-state index is 0.0719. The first kappa shape index (κ1) is 23.4. The predicted octanol–water partition coefficient (Wildman–Crippen LogP) is 5.72. The maximum Gasteiger partial charge on any atom is 0.336 e. The van der Waals surface area contributed by atoms with Gasteiger partial charge in [0.05, 0.1) is 16.4 Å². The number of thioether (sulfide) groups is 1. The lowest BCUT2D eigenvalue weighted by Crippen LogP contribution is -2.22. The van der Waals surface area contributed by atoms with Gasteiger partial charge in [-0.15, -0.1) is 11.8 Å². The van der Waals surface area contributed by atoms with Crippen molar-refractivity contribution in [2.75, 3.05) is 10.6 Å². The van der Waals surface area contributed by atoms with Crippen LogP contribution in [0.5, 0.6) is 0 Å². The summed E-state index contributed by atoms with van der Waals surface area (Å²) in [6.07, 6.45) is 0. The van der Waals surface area contributed by atoms with Crippen LogP contribution in [0.4, 0.5) is 11.4 Å². The number of halogens is 1. The number of amides is 2. The van der Waals surface area contributed by atoms with E-state index in [1.165, 1.54) is 23.9 Å². The number of carbonyl (C=O) groups is 3. The summed E-state index contributed by atoms with van der Waals surface area (Å²) >= 11 is 7.45. The molecule has 0 aliphatic rings. The summed E-state index contributed by atoms with van der Waals surface area (Å²) in [6.45, 7) is 3.62. The zero-order chi connectivity index (χ0) is 23.3. The third-order valence-corrected chi connectivity index (χ3v) is 6.20. The minimum Gasteiger partial charge on any atom is -0.478 e. The third-order valence-electron chi connectivity index (χ3n) is 4.70. The summed E-state index contributed by atoms with van der Waals surface area (Å²) in [4.78, 5) is 37.4. The highest BCUT2D eigenvalue weighted by Gasteiger charge is 2.18. The summed E-state index contributed by atoms with van der Waals surface area (Å²) in [5, 5.41) is 15.1. The highest BCUT2D eigenvalue weighted by atomic mass is 35.5. The molecule has 2 amide bonds. The first-order chi connectivity index (χ1) is 15.3. The monoisotopic (exact) mass is 468 g/mol. The van der Waals surface area contributed by atoms with Crippen LogP contribution in [0, 0.1) is 6.92 Å². The molecule has 3 rings (SSSR count). The van der Waals surface area contributed by atoms with E-state index >= 15 is 0 Å². The molecule has 164 valence electrons. The second-order valence-corrected chi connectivity index (χ2v) is 8.82. The fourth-order valence-corrected chi connectivity index (χ4v) is 4.05. The van der Waals surface area contributed by atoms with Gasteiger partial charge in [0.2, 0.25) is 5.91 Å². The molecule has 3 aromatic carbocycles. The van der Waals surface area contributed by atoms with Crippen molar-refractivity contribution < 1.29 is 19.5 Å². The second kappa shape index (κ2) is 10.3. The van der Waals surface area contributed by atoms with Gasteiger partial charge in [0, 0.05) is 21.3 Å². The highest BCUT2D eigenvalue weighted by Crippen LogP contribution is 2.28. The Morgan fingerprint density at radius 1 is 0.938 bits per heavy atom. The van der Waals surface area contributed by atoms with E-state index in [4.69, 9.17) is 11.6 Å². The first-order valence-electron chi connectivity index (χ1n) is 9.72. The Labute approximate surface area is 195 Å². The van der Waals surface area contributed by atoms with Crippen LogP contribution in [0.15, 0.2) is 71.6 Å². The van der Waals surface area contributed by atoms with E-state index in [0.29, 0.717) is 16.4 Å². The number of nitrogens with one attached hydrogen (secondary N) is 2. The maximum absolute atomic E-state index is 12.6. The molecule has 0 heterocycles. The molecule has 8 heteroatoms. The van der Waals surface area contributed by atoms with E-state index in [9.17, 15) is 19.5 Å². The van der Waals surface area contributed by atoms with Gasteiger partial charge in [0.15, 0.2) is 0 Å². The molecule has 3 aromatic rings. The van der Waals surface area contributed by atoms with Crippen LogP contribution in [0.2, 0.25) is 5.02 Å². The lowest BCUT2D eigenvalue weighted by molar-refractivity contribution is -0.115. The molecular formula is C24H21ClN2O4S. The van der Waals surface area contributed by atoms with Gasteiger partial charge in [-0.05, 0) is 61.9 Å². The summed E-state index contributed by atoms with van der Waals surface area (Å²) in [6, 6.07) is 18.4. The Balaban J connectivity index is 1.68. The van der Waals surface area contributed by atoms with Crippen LogP contribution < -0.4 is 10.6 Å². The summed E-state index contributed by atoms with van der Waals surface area (Å²) in [5.74, 6) is -1.87. The first-order valence-corrected chi connectivity index (χ1v) is 11.0. The van der Waals surface area contributed by atoms with Crippen LogP contribution in [0.3, 0.4) is 0 Å². The predicted molar refractivity (Wildman–Crippen MR) is 128 cm³/mol. The molecule has 1 atom stereocenters. The van der Waals surface area contributed by atoms with Gasteiger partial charge in [0.1, 0.15) is 0 Å². The van der Waals surface area contributed by atoms with E-state index in [2.05, 4.69) is 10.6 Å². The van der Waals surface area contributed by atoms with Crippen molar-refractivity contribution in [2.45, 2.75) is 24.0 Å². The van der Waals surface area contributed by atoms with Crippen molar-refractivity contribution in [1.29, 1.82) is 0 Å². The molecule has 0 fully saturated rings. The van der Waals surface area contributed by atoms with Crippen molar-refractivity contribution in [3.63, 3.8) is 0 Å². The van der Waals surface area contributed by atoms with Gasteiger partial charge >= 0.3 is 5.97 Å². The number of benzene rings is 3. The van der Waals surface area contributed by atoms with Crippen molar-refractivity contribution in [3.05, 3.63) is 88.4 Å². The van der Waals surface area contributed by atoms with E-state index in [1.807, 2.05) is 13.0 Å². The lowest BCUT2D eigenvalue weighted by Gasteiger charge is -2.15. The maximum atomic E-state index is 12.6. The number of hydrogen-bond donors (Lipinski definition) is 3. The van der Waals surface area contributed by atoms with Crippen molar-refractivity contribution in [2.24, 2.45) is 0 Å². The highest BCUT2D eigenvalue weighted by molar-refractivity contribution is 8.00. The van der Waals surface area contributed by atoms with Crippen LogP contribution in [0.1, 0.15) is 33.2 Å². The Morgan fingerprint density at radius 3 is 2.34 bits per heavy atom. The van der Waals surface area contributed by atoms with Gasteiger partial charge in [-0.2, -0.15) is 0 Å². The van der Waals surface area contributed by atoms with E-state index in [0.717, 1.165) is 10.5 Å². The average molecular weight is 469 g/mol. The fraction of sp³-hybridized carbons (Fsp3) is 0.125. The van der Waals surface area contributed by atoms with Crippen LogP contribution >= 0.6 is 23.4 Å². The summed E-state index contributed by atoms with van der Waals surface area (Å²) in [5.41, 5.74) is 1.96. The second-order valence-electron chi connectivity index (χ2n) is 6.99. The van der Waals surface area contributed by atoms with Crippen molar-refractivity contribution >= 4 is 52.5 Å². The Hall–Kier alpha value is -3.29. The van der Waals surface area contributed by atoms with Crippen LogP contribution in [0.25, 0.3) is 0 Å². The fourth-order valence-electron chi connectivity index (χ4n) is 2.95. The number of carboxylic acid groups (broad SMARTS) is 1. The molecule has 0 aliphatic carbocycles. The Bertz CT molecular complexity index is 1180. The van der Waals surface area contributed by atoms with E-state index in [1.54, 1.807) is 55.5 Å². The Morgan fingerprint density at radius 2 is 1.62 bits per heavy atom. The summed E-state index contributed by atoms with van der Waals surface area (Å²) in [7, 11) is 0. The molecule has 0 aliphatic heterocycles. The molecular weight excluding hydrogens is 448 g/mol. The number of hydrogen-bond acceptors (Lipinski definition) is 4. The lowest BCUT2D eigenvalue weighted by atomic mass is 10.1. The summed E-state index contributed by atoms with van der Waals surface area (Å²) < 4.78 is 0. The molecule has 0 spiro atoms. The molecule has 1 unspecified atom stereocenters. The normalized spacial score (nSPS) is 11.5. The van der Waals surface area contributed by atoms with Gasteiger partial charge in [-0.3, -0.25) is 9.59 Å². The van der Waals surface area contributed by atoms with Crippen LogP contribution in [-0.2, 0) is 4.79 Å². The van der Waals surface area contributed by atoms with Crippen molar-refractivity contribution in [3.8, 4) is 0 Å². The quantitative estimate of drug-likeness (QED) is 0.385. The van der Waals surface area contributed by atoms with Gasteiger partial charge in [-0.1, -0.05) is 35.9 Å². The molecule has 0 radical (unpaired) electrons. The topological polar surface area (TPSA) is 95.5 Å². The largest absolute Gasteiger partial charge is 0.478 e. The number of carboxylic acids is 1. The van der Waals surface area contributed by atoms with Gasteiger partial charge in [0.25, 0.3) is 5.91 Å². The van der Waals surface area contributed by atoms with Crippen molar-refractivity contribution in [1.82, 2.24) is 0 Å². The number of anilines is 2. The van der Waals surface area contributed by atoms with Crippen LogP contribution in [-0.4, -0.2) is 28.1 Å². The molecule has 0 bridgehead atoms. The van der Waals surface area contributed by atoms with Gasteiger partial charge in [-0.25, -0.2) is 4.79 Å². The molecule has 6 nitrogen and oxygen atoms in total. The number of aromatic carboxylic acids is 1. The molecule has 0 saturated heterocycles. The molecule has 3 N–H and O–H groups in total. The third kappa shape index (κ3) is 5.69. The van der Waals surface area contributed by atoms with Gasteiger partial charge < -0.3 is 15.7 Å².